The largest absolute Gasteiger partial charge is 0.481 e. The van der Waals surface area contributed by atoms with Crippen molar-refractivity contribution in [3.63, 3.8) is 0 Å². The number of carboxylic acid groups (broad SMARTS) is 1. The second-order valence-electron chi connectivity index (χ2n) is 5.94. The topological polar surface area (TPSA) is 89.9 Å². The van der Waals surface area contributed by atoms with Gasteiger partial charge in [0.15, 0.2) is 0 Å². The molecule has 112 valence electrons. The van der Waals surface area contributed by atoms with Crippen LogP contribution in [0, 0.1) is 5.41 Å². The molecule has 0 bridgehead atoms. The maximum atomic E-state index is 11.8. The highest BCUT2D eigenvalue weighted by atomic mass is 16.4. The van der Waals surface area contributed by atoms with Crippen LogP contribution in [0.1, 0.15) is 40.0 Å². The summed E-state index contributed by atoms with van der Waals surface area (Å²) in [6, 6.07) is -0.520. The quantitative estimate of drug-likeness (QED) is 0.610. The predicted octanol–water partition coefficient (Wildman–Crippen LogP) is 1.29. The van der Waals surface area contributed by atoms with Crippen molar-refractivity contribution in [3.05, 3.63) is 0 Å². The molecule has 0 saturated heterocycles. The molecule has 0 spiro atoms. The molecule has 1 unspecified atom stereocenters. The number of hydrogen-bond acceptors (Lipinski definition) is 3. The van der Waals surface area contributed by atoms with E-state index in [1.807, 2.05) is 20.8 Å². The van der Waals surface area contributed by atoms with Crippen molar-refractivity contribution < 1.29 is 19.8 Å². The Morgan fingerprint density at radius 3 is 2.32 bits per heavy atom. The molecule has 0 radical (unpaired) electrons. The summed E-state index contributed by atoms with van der Waals surface area (Å²) in [6.07, 6.45) is 1.13. The molecule has 0 aromatic rings. The van der Waals surface area contributed by atoms with E-state index in [1.165, 1.54) is 4.90 Å². The Balaban J connectivity index is 4.17. The van der Waals surface area contributed by atoms with Crippen molar-refractivity contribution in [2.75, 3.05) is 20.2 Å². The van der Waals surface area contributed by atoms with Crippen LogP contribution >= 0.6 is 0 Å². The number of nitrogens with one attached hydrogen (secondary N) is 1. The molecule has 0 aromatic carbocycles. The Bertz CT molecular complexity index is 300. The standard InChI is InChI=1S/C13H26N2O4/c1-13(2,3)8-10(9-16)15(4)12(19)14-7-5-6-11(17)18/h10,16H,5-9H2,1-4H3,(H,14,19)(H,17,18). The van der Waals surface area contributed by atoms with E-state index in [0.29, 0.717) is 19.4 Å². The first-order chi connectivity index (χ1) is 8.67. The van der Waals surface area contributed by atoms with E-state index in [4.69, 9.17) is 5.11 Å². The van der Waals surface area contributed by atoms with Gasteiger partial charge in [0, 0.05) is 20.0 Å². The van der Waals surface area contributed by atoms with E-state index < -0.39 is 5.97 Å². The second-order valence-corrected chi connectivity index (χ2v) is 5.94. The van der Waals surface area contributed by atoms with Gasteiger partial charge in [-0.2, -0.15) is 0 Å². The number of amides is 2. The van der Waals surface area contributed by atoms with E-state index in [1.54, 1.807) is 7.05 Å². The number of hydrogen-bond donors (Lipinski definition) is 3. The van der Waals surface area contributed by atoms with Crippen molar-refractivity contribution in [1.82, 2.24) is 10.2 Å². The van der Waals surface area contributed by atoms with Crippen molar-refractivity contribution in [2.24, 2.45) is 5.41 Å². The number of carbonyl (C=O) groups is 2. The molecular weight excluding hydrogens is 248 g/mol. The van der Waals surface area contributed by atoms with Crippen LogP contribution in [0.3, 0.4) is 0 Å². The normalized spacial score (nSPS) is 12.9. The average molecular weight is 274 g/mol. The lowest BCUT2D eigenvalue weighted by Crippen LogP contribution is -2.46. The Hall–Kier alpha value is -1.30. The lowest BCUT2D eigenvalue weighted by atomic mass is 9.88. The van der Waals surface area contributed by atoms with Crippen LogP contribution in [-0.2, 0) is 4.79 Å². The first-order valence-electron chi connectivity index (χ1n) is 6.50. The van der Waals surface area contributed by atoms with Crippen LogP contribution in [0.25, 0.3) is 0 Å². The van der Waals surface area contributed by atoms with Gasteiger partial charge in [-0.05, 0) is 18.3 Å². The average Bonchev–Trinajstić information content (AvgIpc) is 2.29. The van der Waals surface area contributed by atoms with Crippen LogP contribution in [0.5, 0.6) is 0 Å². The minimum Gasteiger partial charge on any atom is -0.481 e. The van der Waals surface area contributed by atoms with Gasteiger partial charge in [-0.1, -0.05) is 20.8 Å². The van der Waals surface area contributed by atoms with Crippen LogP contribution in [0.4, 0.5) is 4.79 Å². The Labute approximate surface area is 114 Å². The number of likely N-dealkylation sites (N-methyl/N-ethyl adjacent to an activating group) is 1. The van der Waals surface area contributed by atoms with Gasteiger partial charge in [0.1, 0.15) is 0 Å². The molecule has 6 heteroatoms. The van der Waals surface area contributed by atoms with Gasteiger partial charge in [0.25, 0.3) is 0 Å². The summed E-state index contributed by atoms with van der Waals surface area (Å²) in [4.78, 5) is 23.6. The molecule has 1 atom stereocenters. The zero-order chi connectivity index (χ0) is 15.1. The predicted molar refractivity (Wildman–Crippen MR) is 73.0 cm³/mol. The highest BCUT2D eigenvalue weighted by Gasteiger charge is 2.24. The Morgan fingerprint density at radius 2 is 1.89 bits per heavy atom. The van der Waals surface area contributed by atoms with E-state index in [0.717, 1.165) is 0 Å². The number of nitrogens with zero attached hydrogens (tertiary/aromatic N) is 1. The van der Waals surface area contributed by atoms with Crippen molar-refractivity contribution in [3.8, 4) is 0 Å². The van der Waals surface area contributed by atoms with Crippen LogP contribution in [-0.4, -0.2) is 53.4 Å². The molecular formula is C13H26N2O4. The molecule has 19 heavy (non-hydrogen) atoms. The number of rotatable bonds is 7. The maximum absolute atomic E-state index is 11.8. The van der Waals surface area contributed by atoms with Gasteiger partial charge in [0.05, 0.1) is 12.6 Å². The van der Waals surface area contributed by atoms with E-state index >= 15 is 0 Å². The molecule has 0 rings (SSSR count). The minimum atomic E-state index is -0.872. The number of carboxylic acids is 1. The molecule has 0 aliphatic heterocycles. The summed E-state index contributed by atoms with van der Waals surface area (Å²) in [7, 11) is 1.64. The Morgan fingerprint density at radius 1 is 1.32 bits per heavy atom. The fourth-order valence-electron chi connectivity index (χ4n) is 1.76. The molecule has 0 aromatic heterocycles. The molecule has 0 fully saturated rings. The van der Waals surface area contributed by atoms with Crippen LogP contribution in [0.15, 0.2) is 0 Å². The lowest BCUT2D eigenvalue weighted by Gasteiger charge is -2.32. The second kappa shape index (κ2) is 7.99. The third-order valence-corrected chi connectivity index (χ3v) is 2.77. The van der Waals surface area contributed by atoms with Gasteiger partial charge in [0.2, 0.25) is 0 Å². The fourth-order valence-corrected chi connectivity index (χ4v) is 1.76. The SMILES string of the molecule is CN(C(=O)NCCCC(=O)O)C(CO)CC(C)(C)C. The summed E-state index contributed by atoms with van der Waals surface area (Å²) in [5.74, 6) is -0.872. The number of aliphatic hydroxyl groups excluding tert-OH is 1. The maximum Gasteiger partial charge on any atom is 0.317 e. The fraction of sp³-hybridized carbons (Fsp3) is 0.846. The zero-order valence-electron chi connectivity index (χ0n) is 12.3. The highest BCUT2D eigenvalue weighted by molar-refractivity contribution is 5.74. The number of aliphatic hydroxyl groups is 1. The smallest absolute Gasteiger partial charge is 0.317 e. The first-order valence-corrected chi connectivity index (χ1v) is 6.50. The van der Waals surface area contributed by atoms with Gasteiger partial charge in [-0.3, -0.25) is 4.79 Å². The summed E-state index contributed by atoms with van der Waals surface area (Å²) in [5.41, 5.74) is 0.0191. The molecule has 3 N–H and O–H groups in total. The van der Waals surface area contributed by atoms with E-state index in [2.05, 4.69) is 5.32 Å². The molecule has 0 aliphatic rings. The van der Waals surface area contributed by atoms with Crippen LogP contribution in [0.2, 0.25) is 0 Å². The van der Waals surface area contributed by atoms with Gasteiger partial charge >= 0.3 is 12.0 Å². The third-order valence-electron chi connectivity index (χ3n) is 2.77. The summed E-state index contributed by atoms with van der Waals surface area (Å²) in [6.45, 7) is 6.39. The van der Waals surface area contributed by atoms with Gasteiger partial charge in [-0.25, -0.2) is 4.79 Å². The minimum absolute atomic E-state index is 0.0191. The number of urea groups is 1. The van der Waals surface area contributed by atoms with E-state index in [-0.39, 0.29) is 30.5 Å². The van der Waals surface area contributed by atoms with Gasteiger partial charge < -0.3 is 20.4 Å². The molecule has 0 saturated carbocycles. The summed E-state index contributed by atoms with van der Waals surface area (Å²) in [5, 5.41) is 20.5. The highest BCUT2D eigenvalue weighted by Crippen LogP contribution is 2.22. The summed E-state index contributed by atoms with van der Waals surface area (Å²) < 4.78 is 0. The molecule has 6 nitrogen and oxygen atoms in total. The first kappa shape index (κ1) is 17.7. The van der Waals surface area contributed by atoms with Crippen molar-refractivity contribution in [1.29, 1.82) is 0 Å². The molecule has 0 heterocycles. The van der Waals surface area contributed by atoms with Gasteiger partial charge in [-0.15, -0.1) is 0 Å². The molecule has 2 amide bonds. The lowest BCUT2D eigenvalue weighted by molar-refractivity contribution is -0.137. The third kappa shape index (κ3) is 8.42. The van der Waals surface area contributed by atoms with E-state index in [9.17, 15) is 14.7 Å². The summed E-state index contributed by atoms with van der Waals surface area (Å²) >= 11 is 0. The zero-order valence-corrected chi connectivity index (χ0v) is 12.3. The Kier molecular flexibility index (Phi) is 7.44. The molecule has 0 aliphatic carbocycles. The number of aliphatic carboxylic acids is 1. The monoisotopic (exact) mass is 274 g/mol. The number of carbonyl (C=O) groups excluding carboxylic acids is 1. The van der Waals surface area contributed by atoms with Crippen LogP contribution < -0.4 is 5.32 Å². The van der Waals surface area contributed by atoms with Crippen molar-refractivity contribution >= 4 is 12.0 Å². The van der Waals surface area contributed by atoms with Crippen molar-refractivity contribution in [2.45, 2.75) is 46.1 Å².